The number of ether oxygens (including phenoxy) is 1. The lowest BCUT2D eigenvalue weighted by molar-refractivity contribution is 0.0704. The van der Waals surface area contributed by atoms with Gasteiger partial charge in [0.15, 0.2) is 5.69 Å². The highest BCUT2D eigenvalue weighted by molar-refractivity contribution is 5.96. The van der Waals surface area contributed by atoms with E-state index in [1.807, 2.05) is 13.8 Å². The molecular weight excluding hydrogens is 220 g/mol. The zero-order valence-corrected chi connectivity index (χ0v) is 10.6. The van der Waals surface area contributed by atoms with Gasteiger partial charge in [-0.25, -0.2) is 0 Å². The summed E-state index contributed by atoms with van der Waals surface area (Å²) in [6.45, 7) is 6.26. The highest BCUT2D eigenvalue weighted by Gasteiger charge is 2.18. The molecule has 1 amide bonds. The predicted molar refractivity (Wildman–Crippen MR) is 65.8 cm³/mol. The zero-order chi connectivity index (χ0) is 12.8. The number of rotatable bonds is 6. The molecule has 0 aliphatic carbocycles. The molecule has 0 unspecified atom stereocenters. The normalized spacial score (nSPS) is 10.5. The van der Waals surface area contributed by atoms with Gasteiger partial charge in [-0.2, -0.15) is 5.10 Å². The third-order valence-corrected chi connectivity index (χ3v) is 2.44. The van der Waals surface area contributed by atoms with E-state index < -0.39 is 0 Å². The molecule has 6 nitrogen and oxygen atoms in total. The van der Waals surface area contributed by atoms with Gasteiger partial charge in [0.25, 0.3) is 5.91 Å². The molecule has 0 saturated heterocycles. The van der Waals surface area contributed by atoms with Gasteiger partial charge in [-0.3, -0.25) is 9.48 Å². The number of nitrogens with zero attached hydrogens (tertiary/aromatic N) is 3. The fourth-order valence-electron chi connectivity index (χ4n) is 1.39. The third kappa shape index (κ3) is 3.45. The van der Waals surface area contributed by atoms with E-state index in [9.17, 15) is 4.79 Å². The van der Waals surface area contributed by atoms with Gasteiger partial charge in [0.05, 0.1) is 12.3 Å². The number of nitrogen functional groups attached to an aromatic ring is 1. The molecule has 1 rings (SSSR count). The minimum Gasteiger partial charge on any atom is -0.396 e. The number of carbonyl (C=O) groups is 1. The molecule has 0 aliphatic heterocycles. The number of aromatic nitrogens is 2. The molecule has 0 spiro atoms. The highest BCUT2D eigenvalue weighted by atomic mass is 16.5. The molecule has 0 atom stereocenters. The van der Waals surface area contributed by atoms with Crippen LogP contribution in [0.2, 0.25) is 0 Å². The molecule has 1 aromatic heterocycles. The van der Waals surface area contributed by atoms with Crippen LogP contribution in [0.3, 0.4) is 0 Å². The van der Waals surface area contributed by atoms with Crippen LogP contribution in [0, 0.1) is 0 Å². The van der Waals surface area contributed by atoms with E-state index in [1.54, 1.807) is 22.8 Å². The number of anilines is 1. The summed E-state index contributed by atoms with van der Waals surface area (Å²) >= 11 is 0. The maximum Gasteiger partial charge on any atom is 0.276 e. The Kier molecular flexibility index (Phi) is 4.96. The van der Waals surface area contributed by atoms with Crippen LogP contribution in [0.5, 0.6) is 0 Å². The SMILES string of the molecule is CCOCCN(C)C(=O)c1nn(CC)cc1N. The van der Waals surface area contributed by atoms with E-state index in [0.29, 0.717) is 37.7 Å². The lowest BCUT2D eigenvalue weighted by Crippen LogP contribution is -2.31. The van der Waals surface area contributed by atoms with Crippen LogP contribution >= 0.6 is 0 Å². The van der Waals surface area contributed by atoms with Gasteiger partial charge in [-0.15, -0.1) is 0 Å². The number of nitrogens with two attached hydrogens (primary N) is 1. The second-order valence-electron chi connectivity index (χ2n) is 3.71. The quantitative estimate of drug-likeness (QED) is 0.739. The molecule has 0 aliphatic rings. The molecule has 0 saturated carbocycles. The van der Waals surface area contributed by atoms with E-state index in [-0.39, 0.29) is 5.91 Å². The minimum atomic E-state index is -0.172. The van der Waals surface area contributed by atoms with E-state index in [1.165, 1.54) is 0 Å². The Bertz CT molecular complexity index is 376. The number of carbonyl (C=O) groups excluding carboxylic acids is 1. The lowest BCUT2D eigenvalue weighted by Gasteiger charge is -2.15. The number of hydrogen-bond donors (Lipinski definition) is 1. The molecule has 0 radical (unpaired) electrons. The van der Waals surface area contributed by atoms with Crippen molar-refractivity contribution in [2.24, 2.45) is 0 Å². The molecule has 17 heavy (non-hydrogen) atoms. The van der Waals surface area contributed by atoms with E-state index >= 15 is 0 Å². The summed E-state index contributed by atoms with van der Waals surface area (Å²) in [6.07, 6.45) is 1.67. The summed E-state index contributed by atoms with van der Waals surface area (Å²) in [6, 6.07) is 0. The molecule has 6 heteroatoms. The van der Waals surface area contributed by atoms with Crippen molar-refractivity contribution in [1.29, 1.82) is 0 Å². The first kappa shape index (κ1) is 13.5. The van der Waals surface area contributed by atoms with E-state index in [2.05, 4.69) is 5.10 Å². The van der Waals surface area contributed by atoms with Crippen molar-refractivity contribution >= 4 is 11.6 Å². The van der Waals surface area contributed by atoms with Crippen LogP contribution < -0.4 is 5.73 Å². The average Bonchev–Trinajstić information content (AvgIpc) is 2.69. The molecule has 0 aromatic carbocycles. The van der Waals surface area contributed by atoms with Gasteiger partial charge < -0.3 is 15.4 Å². The van der Waals surface area contributed by atoms with Gasteiger partial charge in [0.2, 0.25) is 0 Å². The monoisotopic (exact) mass is 240 g/mol. The van der Waals surface area contributed by atoms with Crippen molar-refractivity contribution in [2.45, 2.75) is 20.4 Å². The van der Waals surface area contributed by atoms with Gasteiger partial charge >= 0.3 is 0 Å². The Morgan fingerprint density at radius 1 is 1.59 bits per heavy atom. The lowest BCUT2D eigenvalue weighted by atomic mass is 10.3. The zero-order valence-electron chi connectivity index (χ0n) is 10.6. The first-order valence-electron chi connectivity index (χ1n) is 5.76. The highest BCUT2D eigenvalue weighted by Crippen LogP contribution is 2.11. The Morgan fingerprint density at radius 2 is 2.29 bits per heavy atom. The van der Waals surface area contributed by atoms with Crippen LogP contribution in [-0.2, 0) is 11.3 Å². The number of amides is 1. The average molecular weight is 240 g/mol. The van der Waals surface area contributed by atoms with E-state index in [0.717, 1.165) is 0 Å². The van der Waals surface area contributed by atoms with Gasteiger partial charge in [-0.1, -0.05) is 0 Å². The molecule has 0 bridgehead atoms. The van der Waals surface area contributed by atoms with Crippen molar-refractivity contribution in [3.05, 3.63) is 11.9 Å². The molecule has 2 N–H and O–H groups in total. The Hall–Kier alpha value is -1.56. The van der Waals surface area contributed by atoms with Crippen LogP contribution in [0.4, 0.5) is 5.69 Å². The maximum absolute atomic E-state index is 12.0. The smallest absolute Gasteiger partial charge is 0.276 e. The van der Waals surface area contributed by atoms with Crippen molar-refractivity contribution in [3.8, 4) is 0 Å². The second kappa shape index (κ2) is 6.24. The van der Waals surface area contributed by atoms with Crippen LogP contribution in [-0.4, -0.2) is 47.4 Å². The largest absolute Gasteiger partial charge is 0.396 e. The van der Waals surface area contributed by atoms with Gasteiger partial charge in [-0.05, 0) is 13.8 Å². The predicted octanol–water partition coefficient (Wildman–Crippen LogP) is 0.594. The van der Waals surface area contributed by atoms with E-state index in [4.69, 9.17) is 10.5 Å². The van der Waals surface area contributed by atoms with Crippen molar-refractivity contribution < 1.29 is 9.53 Å². The van der Waals surface area contributed by atoms with Crippen LogP contribution in [0.15, 0.2) is 6.20 Å². The third-order valence-electron chi connectivity index (χ3n) is 2.44. The second-order valence-corrected chi connectivity index (χ2v) is 3.71. The van der Waals surface area contributed by atoms with Gasteiger partial charge in [0, 0.05) is 32.9 Å². The Labute approximate surface area is 101 Å². The summed E-state index contributed by atoms with van der Waals surface area (Å²) in [5, 5.41) is 4.14. The Morgan fingerprint density at radius 3 is 2.82 bits per heavy atom. The molecule has 96 valence electrons. The summed E-state index contributed by atoms with van der Waals surface area (Å²) in [5.41, 5.74) is 6.48. The summed E-state index contributed by atoms with van der Waals surface area (Å²) in [5.74, 6) is -0.172. The van der Waals surface area contributed by atoms with Crippen LogP contribution in [0.25, 0.3) is 0 Å². The van der Waals surface area contributed by atoms with Crippen molar-refractivity contribution in [2.75, 3.05) is 32.5 Å². The molecular formula is C11H20N4O2. The summed E-state index contributed by atoms with van der Waals surface area (Å²) in [7, 11) is 1.71. The molecule has 1 aromatic rings. The number of aryl methyl sites for hydroxylation is 1. The molecule has 0 fully saturated rings. The minimum absolute atomic E-state index is 0.172. The maximum atomic E-state index is 12.0. The van der Waals surface area contributed by atoms with Crippen molar-refractivity contribution in [1.82, 2.24) is 14.7 Å². The van der Waals surface area contributed by atoms with Crippen LogP contribution in [0.1, 0.15) is 24.3 Å². The number of hydrogen-bond acceptors (Lipinski definition) is 4. The fourth-order valence-corrected chi connectivity index (χ4v) is 1.39. The first-order chi connectivity index (χ1) is 8.10. The summed E-state index contributed by atoms with van der Waals surface area (Å²) in [4.78, 5) is 13.6. The fraction of sp³-hybridized carbons (Fsp3) is 0.636. The number of likely N-dealkylation sites (N-methyl/N-ethyl adjacent to an activating group) is 1. The van der Waals surface area contributed by atoms with Gasteiger partial charge in [0.1, 0.15) is 0 Å². The standard InChI is InChI=1S/C11H20N4O2/c1-4-15-8-9(12)10(13-15)11(16)14(3)6-7-17-5-2/h8H,4-7,12H2,1-3H3. The summed E-state index contributed by atoms with van der Waals surface area (Å²) < 4.78 is 6.85. The van der Waals surface area contributed by atoms with Crippen molar-refractivity contribution in [3.63, 3.8) is 0 Å². The Balaban J connectivity index is 2.64. The first-order valence-corrected chi connectivity index (χ1v) is 5.76. The topological polar surface area (TPSA) is 73.4 Å². The molecule has 1 heterocycles.